The number of nitrogens with two attached hydrogens (primary N) is 6. The van der Waals surface area contributed by atoms with E-state index in [4.69, 9.17) is 103 Å². The normalized spacial score (nSPS) is 8.76. The Balaban J connectivity index is -0.0000000605. The SMILES string of the molecule is O.O.O=C(O)c1ccc(C(=O)O)c(C(=O)O)c1.O=C(O)c1ccc(C(=O)O)c(C(=O)O)c1.O=C(O)c1ccc2c(c1)C(=O)OC2=O.OO.[Cl][Pt+2][Cl].[Cl][Pt+2][Cl].[Cl][Pt+2][Cl].[NH2-].[NH2-].[NH2-].[NH2-].[NH2-].[NH2-]. The zero-order valence-electron chi connectivity index (χ0n) is 30.0. The number of hydrogen-bond acceptors (Lipinski definition) is 12. The number of cyclic esters (lactones) is 2. The van der Waals surface area contributed by atoms with Crippen LogP contribution in [-0.2, 0) is 54.2 Å². The molecule has 0 saturated carbocycles. The minimum Gasteiger partial charge on any atom is -0.693 e. The topological polar surface area (TPSA) is 609 Å². The van der Waals surface area contributed by atoms with Gasteiger partial charge in [0.05, 0.1) is 50.1 Å². The summed E-state index contributed by atoms with van der Waals surface area (Å²) < 4.78 is 4.30. The second-order valence-corrected chi connectivity index (χ2v) is 18.1. The van der Waals surface area contributed by atoms with Gasteiger partial charge in [-0.25, -0.2) is 43.2 Å². The van der Waals surface area contributed by atoms with E-state index < -0.39 is 125 Å². The van der Waals surface area contributed by atoms with Gasteiger partial charge in [-0.1, -0.05) is 0 Å². The van der Waals surface area contributed by atoms with Gasteiger partial charge in [0.1, 0.15) is 0 Å². The molecule has 4 rings (SSSR count). The number of hydrogen-bond donors (Lipinski definition) is 9. The fraction of sp³-hybridized carbons (Fsp3) is 0. The van der Waals surface area contributed by atoms with Crippen LogP contribution in [0.15, 0.2) is 54.6 Å². The zero-order valence-corrected chi connectivity index (χ0v) is 41.3. The molecule has 27 nitrogen and oxygen atoms in total. The summed E-state index contributed by atoms with van der Waals surface area (Å²) in [7, 11) is 29.2. The third-order valence-electron chi connectivity index (χ3n) is 5.35. The van der Waals surface area contributed by atoms with E-state index in [1.54, 1.807) is 0 Å². The van der Waals surface area contributed by atoms with Crippen LogP contribution in [0, 0.1) is 0 Å². The van der Waals surface area contributed by atoms with Crippen LogP contribution in [0.25, 0.3) is 36.9 Å². The molecule has 0 unspecified atom stereocenters. The largest absolute Gasteiger partial charge is 0.693 e. The van der Waals surface area contributed by atoms with Crippen LogP contribution in [0.1, 0.15) is 93.2 Å². The number of carbonyl (C=O) groups is 9. The molecule has 0 bridgehead atoms. The van der Waals surface area contributed by atoms with Crippen molar-refractivity contribution in [3.8, 4) is 0 Å². The third kappa shape index (κ3) is 32.8. The van der Waals surface area contributed by atoms with Crippen LogP contribution in [0.5, 0.6) is 0 Å². The molecule has 63 heavy (non-hydrogen) atoms. The molecule has 3 aromatic carbocycles. The number of esters is 2. The Morgan fingerprint density at radius 2 is 0.603 bits per heavy atom. The first-order chi connectivity index (χ1) is 25.7. The van der Waals surface area contributed by atoms with Crippen molar-refractivity contribution in [1.82, 2.24) is 0 Å². The molecule has 25 N–H and O–H groups in total. The van der Waals surface area contributed by atoms with Crippen molar-refractivity contribution in [1.29, 1.82) is 0 Å². The Bertz CT molecular complexity index is 1800. The molecule has 0 amide bonds. The Hall–Kier alpha value is -3.51. The minimum absolute atomic E-state index is 0. The molecular formula is C27H34Cl6N6O21Pt3. The summed E-state index contributed by atoms with van der Waals surface area (Å²) in [4.78, 5) is 96.0. The van der Waals surface area contributed by atoms with Crippen LogP contribution >= 0.6 is 56.5 Å². The van der Waals surface area contributed by atoms with Crippen molar-refractivity contribution < 1.29 is 155 Å². The number of carboxylic acid groups (broad SMARTS) is 7. The summed E-state index contributed by atoms with van der Waals surface area (Å²) in [6.07, 6.45) is 0. The van der Waals surface area contributed by atoms with E-state index in [9.17, 15) is 43.2 Å². The third-order valence-corrected chi connectivity index (χ3v) is 5.35. The molecule has 1 heterocycles. The number of fused-ring (bicyclic) bond motifs is 1. The van der Waals surface area contributed by atoms with Gasteiger partial charge in [-0.2, -0.15) is 0 Å². The van der Waals surface area contributed by atoms with Gasteiger partial charge in [0.25, 0.3) is 0 Å². The maximum atomic E-state index is 11.0. The van der Waals surface area contributed by atoms with Gasteiger partial charge in [-0.3, -0.25) is 10.5 Å². The monoisotopic (exact) mass is 1570 g/mol. The molecule has 0 aliphatic carbocycles. The minimum atomic E-state index is -1.48. The summed E-state index contributed by atoms with van der Waals surface area (Å²) in [5.41, 5.74) is -2.41. The summed E-state index contributed by atoms with van der Waals surface area (Å²) >= 11 is -1.42. The molecule has 36 heteroatoms. The molecule has 0 atom stereocenters. The number of ether oxygens (including phenoxy) is 1. The first-order valence-corrected chi connectivity index (χ1v) is 29.1. The Labute approximate surface area is 403 Å². The Morgan fingerprint density at radius 3 is 0.841 bits per heavy atom. The van der Waals surface area contributed by atoms with Crippen molar-refractivity contribution >= 4 is 110 Å². The molecule has 0 saturated heterocycles. The predicted octanol–water partition coefficient (Wildman–Crippen LogP) is 9.06. The fourth-order valence-electron chi connectivity index (χ4n) is 3.30. The van der Waals surface area contributed by atoms with Crippen molar-refractivity contribution in [2.75, 3.05) is 0 Å². The van der Waals surface area contributed by atoms with E-state index in [0.717, 1.165) is 42.5 Å². The molecule has 1 aliphatic heterocycles. The smallest absolute Gasteiger partial charge is 0.693 e. The Morgan fingerprint density at radius 1 is 0.381 bits per heavy atom. The van der Waals surface area contributed by atoms with Gasteiger partial charge in [-0.15, -0.1) is 0 Å². The van der Waals surface area contributed by atoms with Gasteiger partial charge in [-0.05, 0) is 54.6 Å². The number of carbonyl (C=O) groups excluding carboxylic acids is 2. The van der Waals surface area contributed by atoms with Gasteiger partial charge >= 0.3 is 160 Å². The van der Waals surface area contributed by atoms with Crippen molar-refractivity contribution in [2.45, 2.75) is 0 Å². The fourth-order valence-corrected chi connectivity index (χ4v) is 3.30. The number of aromatic carboxylic acids is 7. The standard InChI is InChI=1S/2C9H6O6.C9H4O5.6ClH.6H2N.H2O2.2H2O.3Pt/c2*10-7(11)4-1-2-5(8(12)13)6(3-4)9(14)15;10-7(11)4-1-2-5-6(3-4)9(13)14-8(5)12;;;;;;;;;;;;;1-2;;;;;/h2*1-3H,(H,10,11)(H,12,13)(H,14,15);1-3H,(H,10,11);6*1H;6*1H2;1-2H;2*1H2;;;/q;;;;;;;;;6*-1;;;;3*+4/p-6. The van der Waals surface area contributed by atoms with Crippen LogP contribution in [-0.4, -0.2) is 111 Å². The van der Waals surface area contributed by atoms with Gasteiger partial charge in [0.15, 0.2) is 0 Å². The molecule has 0 aromatic heterocycles. The van der Waals surface area contributed by atoms with E-state index >= 15 is 0 Å². The average molecular weight is 1580 g/mol. The molecular weight excluding hydrogens is 1540 g/mol. The van der Waals surface area contributed by atoms with Crippen LogP contribution in [0.3, 0.4) is 0 Å². The van der Waals surface area contributed by atoms with Gasteiger partial charge < -0.3 is 88.3 Å². The maximum Gasteiger partial charge on any atom is -0.693 e. The van der Waals surface area contributed by atoms with E-state index in [0.29, 0.717) is 0 Å². The van der Waals surface area contributed by atoms with Crippen molar-refractivity contribution in [2.24, 2.45) is 0 Å². The number of halogens is 6. The van der Waals surface area contributed by atoms with Crippen LogP contribution in [0.2, 0.25) is 0 Å². The average Bonchev–Trinajstić information content (AvgIpc) is 3.41. The first-order valence-electron chi connectivity index (χ1n) is 12.2. The summed E-state index contributed by atoms with van der Waals surface area (Å²) in [5.74, 6) is -11.1. The molecule has 0 fully saturated rings. The molecule has 0 radical (unpaired) electrons. The van der Waals surface area contributed by atoms with Crippen LogP contribution in [0.4, 0.5) is 0 Å². The van der Waals surface area contributed by atoms with Gasteiger partial charge in [0, 0.05) is 0 Å². The van der Waals surface area contributed by atoms with E-state index in [1.165, 1.54) is 12.1 Å². The van der Waals surface area contributed by atoms with E-state index in [2.05, 4.69) is 4.74 Å². The van der Waals surface area contributed by atoms with Crippen molar-refractivity contribution in [3.05, 3.63) is 142 Å². The quantitative estimate of drug-likeness (QED) is 0.0460. The summed E-state index contributed by atoms with van der Waals surface area (Å²) in [5, 5.41) is 72.4. The van der Waals surface area contributed by atoms with Crippen molar-refractivity contribution in [3.63, 3.8) is 0 Å². The number of carboxylic acids is 7. The second kappa shape index (κ2) is 48.0. The van der Waals surface area contributed by atoms with E-state index in [1.807, 2.05) is 0 Å². The maximum absolute atomic E-state index is 11.0. The molecule has 3 aromatic rings. The first kappa shape index (κ1) is 86.6. The summed E-state index contributed by atoms with van der Waals surface area (Å²) in [6.45, 7) is 0. The van der Waals surface area contributed by atoms with E-state index in [-0.39, 0.29) is 75.7 Å². The second-order valence-electron chi connectivity index (χ2n) is 8.23. The number of benzene rings is 3. The Kier molecular flexibility index (Phi) is 65.9. The predicted molar refractivity (Wildman–Crippen MR) is 217 cm³/mol. The number of rotatable bonds is 7. The van der Waals surface area contributed by atoms with Crippen LogP contribution < -0.4 is 0 Å². The molecule has 1 aliphatic rings. The molecule has 370 valence electrons. The molecule has 0 spiro atoms. The summed E-state index contributed by atoms with van der Waals surface area (Å²) in [6, 6.07) is 9.26. The van der Waals surface area contributed by atoms with Gasteiger partial charge in [0.2, 0.25) is 0 Å². The zero-order chi connectivity index (χ0) is 43.6.